The number of pyridine rings is 1. The molecule has 2 aromatic rings. The summed E-state index contributed by atoms with van der Waals surface area (Å²) in [7, 11) is 0. The maximum atomic E-state index is 13.1. The van der Waals surface area contributed by atoms with Crippen molar-refractivity contribution in [2.75, 3.05) is 18.0 Å². The van der Waals surface area contributed by atoms with Gasteiger partial charge < -0.3 is 10.0 Å². The lowest BCUT2D eigenvalue weighted by atomic mass is 9.86. The van der Waals surface area contributed by atoms with E-state index in [9.17, 15) is 28.3 Å². The number of halogens is 3. The molecule has 5 nitrogen and oxygen atoms in total. The van der Waals surface area contributed by atoms with E-state index in [1.807, 2.05) is 6.07 Å². The highest BCUT2D eigenvalue weighted by molar-refractivity contribution is 5.95. The maximum Gasteiger partial charge on any atom is 0.416 e. The lowest BCUT2D eigenvalue weighted by molar-refractivity contribution is -0.144. The Morgan fingerprint density at radius 3 is 2.73 bits per heavy atom. The normalized spacial score (nSPS) is 20.8. The molecule has 1 aromatic heterocycles. The zero-order chi connectivity index (χ0) is 19.1. The van der Waals surface area contributed by atoms with Crippen LogP contribution in [0, 0.1) is 23.2 Å². The third kappa shape index (κ3) is 3.17. The SMILES string of the molecule is CC1CN(c2c(C#N)cnc3ccc(C(F)(F)F)cc23)CCC1C(=O)O. The lowest BCUT2D eigenvalue weighted by Gasteiger charge is -2.37. The maximum absolute atomic E-state index is 13.1. The molecule has 136 valence electrons. The first-order valence-electron chi connectivity index (χ1n) is 8.10. The summed E-state index contributed by atoms with van der Waals surface area (Å²) in [5, 5.41) is 18.9. The number of benzene rings is 1. The fraction of sp³-hybridized carbons (Fsp3) is 0.389. The molecule has 0 saturated carbocycles. The van der Waals surface area contributed by atoms with Crippen LogP contribution in [0.5, 0.6) is 0 Å². The number of aromatic nitrogens is 1. The van der Waals surface area contributed by atoms with Crippen molar-refractivity contribution in [2.45, 2.75) is 19.5 Å². The van der Waals surface area contributed by atoms with E-state index in [1.54, 1.807) is 11.8 Å². The van der Waals surface area contributed by atoms with E-state index in [4.69, 9.17) is 0 Å². The zero-order valence-electron chi connectivity index (χ0n) is 13.9. The molecule has 1 N–H and O–H groups in total. The van der Waals surface area contributed by atoms with Gasteiger partial charge >= 0.3 is 12.1 Å². The topological polar surface area (TPSA) is 77.2 Å². The molecule has 3 rings (SSSR count). The van der Waals surface area contributed by atoms with E-state index >= 15 is 0 Å². The first-order chi connectivity index (χ1) is 12.2. The molecule has 26 heavy (non-hydrogen) atoms. The summed E-state index contributed by atoms with van der Waals surface area (Å²) >= 11 is 0. The molecule has 2 atom stereocenters. The van der Waals surface area contributed by atoms with Gasteiger partial charge in [-0.05, 0) is 30.5 Å². The van der Waals surface area contributed by atoms with Crippen molar-refractivity contribution in [2.24, 2.45) is 11.8 Å². The van der Waals surface area contributed by atoms with Crippen LogP contribution in [0.3, 0.4) is 0 Å². The molecular weight excluding hydrogens is 347 g/mol. The van der Waals surface area contributed by atoms with Gasteiger partial charge in [0.1, 0.15) is 6.07 Å². The molecule has 8 heteroatoms. The number of nitrogens with zero attached hydrogens (tertiary/aromatic N) is 3. The molecule has 1 fully saturated rings. The predicted molar refractivity (Wildman–Crippen MR) is 88.6 cm³/mol. The fourth-order valence-electron chi connectivity index (χ4n) is 3.49. The number of nitriles is 1. The Bertz CT molecular complexity index is 905. The summed E-state index contributed by atoms with van der Waals surface area (Å²) in [5.74, 6) is -1.57. The Balaban J connectivity index is 2.12. The highest BCUT2D eigenvalue weighted by atomic mass is 19.4. The molecule has 0 spiro atoms. The van der Waals surface area contributed by atoms with Crippen molar-refractivity contribution in [3.63, 3.8) is 0 Å². The van der Waals surface area contributed by atoms with Gasteiger partial charge in [-0.3, -0.25) is 9.78 Å². The molecule has 2 unspecified atom stereocenters. The van der Waals surface area contributed by atoms with Gasteiger partial charge in [0.25, 0.3) is 0 Å². The smallest absolute Gasteiger partial charge is 0.416 e. The molecule has 1 aliphatic rings. The molecule has 1 aromatic carbocycles. The van der Waals surface area contributed by atoms with Crippen molar-refractivity contribution in [3.8, 4) is 6.07 Å². The number of alkyl halides is 3. The number of carboxylic acid groups (broad SMARTS) is 1. The minimum absolute atomic E-state index is 0.179. The van der Waals surface area contributed by atoms with Gasteiger partial charge in [0.2, 0.25) is 0 Å². The van der Waals surface area contributed by atoms with Gasteiger partial charge in [-0.1, -0.05) is 6.92 Å². The van der Waals surface area contributed by atoms with Crippen LogP contribution < -0.4 is 4.90 Å². The van der Waals surface area contributed by atoms with E-state index in [0.717, 1.165) is 12.1 Å². The molecule has 1 aliphatic heterocycles. The summed E-state index contributed by atoms with van der Waals surface area (Å²) in [5.41, 5.74) is 0.119. The van der Waals surface area contributed by atoms with Crippen LogP contribution in [0.15, 0.2) is 24.4 Å². The van der Waals surface area contributed by atoms with E-state index in [1.165, 1.54) is 12.3 Å². The number of carboxylic acids is 1. The third-order valence-corrected chi connectivity index (χ3v) is 4.83. The Kier molecular flexibility index (Phi) is 4.48. The van der Waals surface area contributed by atoms with E-state index in [-0.39, 0.29) is 16.9 Å². The van der Waals surface area contributed by atoms with Gasteiger partial charge in [0.15, 0.2) is 0 Å². The van der Waals surface area contributed by atoms with Crippen LogP contribution in [0.25, 0.3) is 10.9 Å². The number of carbonyl (C=O) groups is 1. The molecule has 0 bridgehead atoms. The first kappa shape index (κ1) is 18.0. The Morgan fingerprint density at radius 2 is 2.15 bits per heavy atom. The second-order valence-corrected chi connectivity index (χ2v) is 6.52. The van der Waals surface area contributed by atoms with Crippen LogP contribution in [0.2, 0.25) is 0 Å². The number of hydrogen-bond acceptors (Lipinski definition) is 4. The van der Waals surface area contributed by atoms with Crippen molar-refractivity contribution < 1.29 is 23.1 Å². The van der Waals surface area contributed by atoms with Crippen LogP contribution in [0.4, 0.5) is 18.9 Å². The molecule has 0 amide bonds. The van der Waals surface area contributed by atoms with Crippen LogP contribution in [-0.2, 0) is 11.0 Å². The van der Waals surface area contributed by atoms with E-state index in [2.05, 4.69) is 4.98 Å². The Hall–Kier alpha value is -2.82. The van der Waals surface area contributed by atoms with E-state index < -0.39 is 23.6 Å². The largest absolute Gasteiger partial charge is 0.481 e. The molecule has 0 radical (unpaired) electrons. The standard InChI is InChI=1S/C18H16F3N3O2/c1-10-9-24(5-4-13(10)17(25)26)16-11(7-22)8-23-15-3-2-12(6-14(15)16)18(19,20)21/h2-3,6,8,10,13H,4-5,9H2,1H3,(H,25,26). The molecule has 0 aliphatic carbocycles. The summed E-state index contributed by atoms with van der Waals surface area (Å²) in [6, 6.07) is 5.25. The number of aliphatic carboxylic acids is 1. The average molecular weight is 363 g/mol. The Labute approximate surface area is 147 Å². The van der Waals surface area contributed by atoms with Crippen molar-refractivity contribution in [3.05, 3.63) is 35.5 Å². The molecule has 1 saturated heterocycles. The molecular formula is C18H16F3N3O2. The van der Waals surface area contributed by atoms with Gasteiger partial charge in [-0.2, -0.15) is 18.4 Å². The number of fused-ring (bicyclic) bond motifs is 1. The highest BCUT2D eigenvalue weighted by Crippen LogP contribution is 2.37. The van der Waals surface area contributed by atoms with Crippen LogP contribution >= 0.6 is 0 Å². The lowest BCUT2D eigenvalue weighted by Crippen LogP contribution is -2.42. The van der Waals surface area contributed by atoms with Gasteiger partial charge in [0.05, 0.1) is 28.2 Å². The highest BCUT2D eigenvalue weighted by Gasteiger charge is 2.34. The second-order valence-electron chi connectivity index (χ2n) is 6.52. The summed E-state index contributed by atoms with van der Waals surface area (Å²) < 4.78 is 39.3. The summed E-state index contributed by atoms with van der Waals surface area (Å²) in [6.07, 6.45) is -2.79. The molecule has 2 heterocycles. The van der Waals surface area contributed by atoms with E-state index in [0.29, 0.717) is 30.7 Å². The van der Waals surface area contributed by atoms with Crippen molar-refractivity contribution in [1.29, 1.82) is 5.26 Å². The van der Waals surface area contributed by atoms with Gasteiger partial charge in [-0.15, -0.1) is 0 Å². The minimum atomic E-state index is -4.50. The van der Waals surface area contributed by atoms with Gasteiger partial charge in [-0.25, -0.2) is 0 Å². The summed E-state index contributed by atoms with van der Waals surface area (Å²) in [4.78, 5) is 17.2. The minimum Gasteiger partial charge on any atom is -0.481 e. The summed E-state index contributed by atoms with van der Waals surface area (Å²) in [6.45, 7) is 2.49. The number of anilines is 1. The number of rotatable bonds is 2. The average Bonchev–Trinajstić information content (AvgIpc) is 2.58. The Morgan fingerprint density at radius 1 is 1.42 bits per heavy atom. The monoisotopic (exact) mass is 363 g/mol. The van der Waals surface area contributed by atoms with Gasteiger partial charge in [0, 0.05) is 24.7 Å². The quantitative estimate of drug-likeness (QED) is 0.881. The number of hydrogen-bond donors (Lipinski definition) is 1. The number of piperidine rings is 1. The van der Waals surface area contributed by atoms with Crippen LogP contribution in [-0.4, -0.2) is 29.1 Å². The fourth-order valence-corrected chi connectivity index (χ4v) is 3.49. The predicted octanol–water partition coefficient (Wildman–Crippen LogP) is 3.67. The van der Waals surface area contributed by atoms with Crippen molar-refractivity contribution in [1.82, 2.24) is 4.98 Å². The first-order valence-corrected chi connectivity index (χ1v) is 8.10. The third-order valence-electron chi connectivity index (χ3n) is 4.83. The van der Waals surface area contributed by atoms with Crippen molar-refractivity contribution >= 4 is 22.6 Å². The zero-order valence-corrected chi connectivity index (χ0v) is 13.9. The van der Waals surface area contributed by atoms with Crippen LogP contribution in [0.1, 0.15) is 24.5 Å². The second kappa shape index (κ2) is 6.48.